The van der Waals surface area contributed by atoms with Crippen molar-refractivity contribution in [3.63, 3.8) is 0 Å². The van der Waals surface area contributed by atoms with E-state index >= 15 is 0 Å². The number of aromatic nitrogens is 1. The number of ether oxygens (including phenoxy) is 2. The largest absolute Gasteiger partial charge is 0.461 e. The number of benzene rings is 1. The molecule has 0 radical (unpaired) electrons. The number of esters is 2. The Morgan fingerprint density at radius 2 is 1.68 bits per heavy atom. The minimum atomic E-state index is -0.350. The lowest BCUT2D eigenvalue weighted by molar-refractivity contribution is -0.144. The molecule has 1 aromatic carbocycles. The molecule has 0 amide bonds. The number of carbonyl (C=O) groups is 2. The summed E-state index contributed by atoms with van der Waals surface area (Å²) in [7, 11) is 0. The van der Waals surface area contributed by atoms with E-state index in [2.05, 4.69) is 4.98 Å². The molecule has 1 heterocycles. The Morgan fingerprint density at radius 3 is 2.37 bits per heavy atom. The number of aromatic amines is 1. The normalized spacial score (nSPS) is 10.4. The van der Waals surface area contributed by atoms with Crippen molar-refractivity contribution in [1.29, 1.82) is 0 Å². The summed E-state index contributed by atoms with van der Waals surface area (Å²) in [5.41, 5.74) is 2.51. The molecule has 0 aliphatic rings. The zero-order chi connectivity index (χ0) is 13.8. The minimum absolute atomic E-state index is 0.139. The maximum absolute atomic E-state index is 10.9. The van der Waals surface area contributed by atoms with Gasteiger partial charge in [-0.3, -0.25) is 9.59 Å². The maximum Gasteiger partial charge on any atom is 0.303 e. The first-order valence-corrected chi connectivity index (χ1v) is 5.93. The summed E-state index contributed by atoms with van der Waals surface area (Å²) in [6.07, 6.45) is 0. The Hall–Kier alpha value is -2.30. The first-order valence-electron chi connectivity index (χ1n) is 5.93. The van der Waals surface area contributed by atoms with Gasteiger partial charge in [-0.25, -0.2) is 0 Å². The van der Waals surface area contributed by atoms with E-state index in [1.54, 1.807) is 0 Å². The van der Waals surface area contributed by atoms with Crippen molar-refractivity contribution in [2.24, 2.45) is 0 Å². The lowest BCUT2D eigenvalue weighted by Gasteiger charge is -2.05. The van der Waals surface area contributed by atoms with Crippen LogP contribution in [0.15, 0.2) is 24.3 Å². The molecule has 0 atom stereocenters. The summed E-state index contributed by atoms with van der Waals surface area (Å²) in [6.45, 7) is 3.02. The second-order valence-corrected chi connectivity index (χ2v) is 4.19. The monoisotopic (exact) mass is 261 g/mol. The Labute approximate surface area is 110 Å². The van der Waals surface area contributed by atoms with Crippen LogP contribution >= 0.6 is 0 Å². The number of hydrogen-bond acceptors (Lipinski definition) is 4. The molecule has 2 aromatic rings. The van der Waals surface area contributed by atoms with Gasteiger partial charge in [-0.05, 0) is 6.07 Å². The first-order chi connectivity index (χ1) is 9.08. The maximum atomic E-state index is 10.9. The Kier molecular flexibility index (Phi) is 3.85. The molecular weight excluding hydrogens is 246 g/mol. The molecular formula is C14H15NO4. The summed E-state index contributed by atoms with van der Waals surface area (Å²) in [6, 6.07) is 7.67. The summed E-state index contributed by atoms with van der Waals surface area (Å²) >= 11 is 0. The highest BCUT2D eigenvalue weighted by molar-refractivity contribution is 5.84. The average Bonchev–Trinajstić information content (AvgIpc) is 2.71. The molecule has 0 unspecified atom stereocenters. The summed E-state index contributed by atoms with van der Waals surface area (Å²) in [5, 5.41) is 0.964. The van der Waals surface area contributed by atoms with Gasteiger partial charge in [-0.1, -0.05) is 18.2 Å². The smallest absolute Gasteiger partial charge is 0.303 e. The molecule has 19 heavy (non-hydrogen) atoms. The quantitative estimate of drug-likeness (QED) is 0.857. The summed E-state index contributed by atoms with van der Waals surface area (Å²) in [5.74, 6) is -0.694. The third-order valence-electron chi connectivity index (χ3n) is 2.74. The van der Waals surface area contributed by atoms with Gasteiger partial charge in [-0.15, -0.1) is 0 Å². The highest BCUT2D eigenvalue weighted by atomic mass is 16.5. The van der Waals surface area contributed by atoms with E-state index < -0.39 is 0 Å². The summed E-state index contributed by atoms with van der Waals surface area (Å²) < 4.78 is 10.0. The molecule has 0 aliphatic heterocycles. The lowest BCUT2D eigenvalue weighted by Crippen LogP contribution is -2.04. The van der Waals surface area contributed by atoms with E-state index in [1.165, 1.54) is 13.8 Å². The fourth-order valence-electron chi connectivity index (χ4n) is 1.89. The van der Waals surface area contributed by atoms with E-state index in [0.29, 0.717) is 0 Å². The Morgan fingerprint density at radius 1 is 1.05 bits per heavy atom. The van der Waals surface area contributed by atoms with Gasteiger partial charge in [0.05, 0.1) is 5.69 Å². The summed E-state index contributed by atoms with van der Waals surface area (Å²) in [4.78, 5) is 25.0. The molecule has 2 rings (SSSR count). The number of carbonyl (C=O) groups excluding carboxylic acids is 2. The zero-order valence-corrected chi connectivity index (χ0v) is 10.9. The molecule has 0 aliphatic carbocycles. The number of para-hydroxylation sites is 1. The SMILES string of the molecule is CC(=O)OCc1[nH]c2ccccc2c1COC(C)=O. The molecule has 1 aromatic heterocycles. The van der Waals surface area contributed by atoms with Crippen molar-refractivity contribution < 1.29 is 19.1 Å². The van der Waals surface area contributed by atoms with Crippen LogP contribution in [0.4, 0.5) is 0 Å². The number of fused-ring (bicyclic) bond motifs is 1. The predicted octanol–water partition coefficient (Wildman–Crippen LogP) is 2.29. The number of nitrogens with one attached hydrogen (secondary N) is 1. The molecule has 5 nitrogen and oxygen atoms in total. The average molecular weight is 261 g/mol. The van der Waals surface area contributed by atoms with Crippen molar-refractivity contribution in [2.75, 3.05) is 0 Å². The number of rotatable bonds is 4. The van der Waals surface area contributed by atoms with Crippen LogP contribution in [0.2, 0.25) is 0 Å². The molecule has 0 fully saturated rings. The van der Waals surface area contributed by atoms with Crippen LogP contribution < -0.4 is 0 Å². The topological polar surface area (TPSA) is 68.4 Å². The third-order valence-corrected chi connectivity index (χ3v) is 2.74. The molecule has 100 valence electrons. The highest BCUT2D eigenvalue weighted by Crippen LogP contribution is 2.23. The van der Waals surface area contributed by atoms with Crippen molar-refractivity contribution in [1.82, 2.24) is 4.98 Å². The van der Waals surface area contributed by atoms with Gasteiger partial charge in [0, 0.05) is 30.3 Å². The first kappa shape index (κ1) is 13.1. The van der Waals surface area contributed by atoms with Crippen LogP contribution in [0.25, 0.3) is 10.9 Å². The molecule has 0 saturated carbocycles. The predicted molar refractivity (Wildman–Crippen MR) is 69.2 cm³/mol. The van der Waals surface area contributed by atoms with Crippen molar-refractivity contribution in [3.05, 3.63) is 35.5 Å². The molecule has 1 N–H and O–H groups in total. The number of H-pyrrole nitrogens is 1. The number of hydrogen-bond donors (Lipinski definition) is 1. The van der Waals surface area contributed by atoms with Crippen LogP contribution in [0.1, 0.15) is 25.1 Å². The highest BCUT2D eigenvalue weighted by Gasteiger charge is 2.13. The fourth-order valence-corrected chi connectivity index (χ4v) is 1.89. The van der Waals surface area contributed by atoms with E-state index in [0.717, 1.165) is 22.2 Å². The Balaban J connectivity index is 2.33. The Bertz CT molecular complexity index is 615. The second-order valence-electron chi connectivity index (χ2n) is 4.19. The van der Waals surface area contributed by atoms with Gasteiger partial charge in [-0.2, -0.15) is 0 Å². The third kappa shape index (κ3) is 3.13. The van der Waals surface area contributed by atoms with Gasteiger partial charge in [0.1, 0.15) is 13.2 Å². The van der Waals surface area contributed by atoms with Crippen molar-refractivity contribution >= 4 is 22.8 Å². The molecule has 5 heteroatoms. The molecule has 0 saturated heterocycles. The fraction of sp³-hybridized carbons (Fsp3) is 0.286. The standard InChI is InChI=1S/C14H15NO4/c1-9(16)18-7-12-11-5-3-4-6-13(11)15-14(12)8-19-10(2)17/h3-6,15H,7-8H2,1-2H3. The van der Waals surface area contributed by atoms with Gasteiger partial charge < -0.3 is 14.5 Å². The van der Waals surface area contributed by atoms with Crippen LogP contribution in [-0.4, -0.2) is 16.9 Å². The van der Waals surface area contributed by atoms with Crippen LogP contribution in [0, 0.1) is 0 Å². The van der Waals surface area contributed by atoms with Gasteiger partial charge >= 0.3 is 11.9 Å². The molecule has 0 spiro atoms. The van der Waals surface area contributed by atoms with Crippen LogP contribution in [-0.2, 0) is 32.3 Å². The van der Waals surface area contributed by atoms with E-state index in [-0.39, 0.29) is 25.2 Å². The van der Waals surface area contributed by atoms with Crippen molar-refractivity contribution in [3.8, 4) is 0 Å². The zero-order valence-electron chi connectivity index (χ0n) is 10.9. The van der Waals surface area contributed by atoms with Crippen molar-refractivity contribution in [2.45, 2.75) is 27.1 Å². The van der Waals surface area contributed by atoms with Gasteiger partial charge in [0.25, 0.3) is 0 Å². The van der Waals surface area contributed by atoms with Gasteiger partial charge in [0.15, 0.2) is 0 Å². The van der Waals surface area contributed by atoms with E-state index in [4.69, 9.17) is 9.47 Å². The second kappa shape index (κ2) is 5.56. The lowest BCUT2D eigenvalue weighted by atomic mass is 10.1. The van der Waals surface area contributed by atoms with Gasteiger partial charge in [0.2, 0.25) is 0 Å². The van der Waals surface area contributed by atoms with Crippen LogP contribution in [0.3, 0.4) is 0 Å². The van der Waals surface area contributed by atoms with Crippen LogP contribution in [0.5, 0.6) is 0 Å². The van der Waals surface area contributed by atoms with E-state index in [9.17, 15) is 9.59 Å². The minimum Gasteiger partial charge on any atom is -0.461 e. The molecule has 0 bridgehead atoms. The van der Waals surface area contributed by atoms with E-state index in [1.807, 2.05) is 24.3 Å².